The van der Waals surface area contributed by atoms with Crippen LogP contribution in [-0.2, 0) is 6.42 Å². The van der Waals surface area contributed by atoms with Gasteiger partial charge in [0, 0.05) is 24.1 Å². The van der Waals surface area contributed by atoms with Crippen molar-refractivity contribution < 1.29 is 0 Å². The van der Waals surface area contributed by atoms with Crippen molar-refractivity contribution in [3.8, 4) is 24.2 Å². The molecule has 0 saturated carbocycles. The van der Waals surface area contributed by atoms with Gasteiger partial charge in [0.2, 0.25) is 0 Å². The highest BCUT2D eigenvalue weighted by atomic mass is 14.8. The molecule has 1 N–H and O–H groups in total. The molecule has 1 nitrogen and oxygen atoms in total. The van der Waals surface area contributed by atoms with Gasteiger partial charge in [0.25, 0.3) is 0 Å². The lowest BCUT2D eigenvalue weighted by molar-refractivity contribution is 0.694. The fraction of sp³-hybridized carbons (Fsp3) is 0.200. The van der Waals surface area contributed by atoms with Crippen molar-refractivity contribution in [1.82, 2.24) is 5.32 Å². The van der Waals surface area contributed by atoms with Crippen LogP contribution in [0.4, 0.5) is 0 Å². The highest BCUT2D eigenvalue weighted by molar-refractivity contribution is 5.46. The summed E-state index contributed by atoms with van der Waals surface area (Å²) < 4.78 is 0. The normalized spacial score (nSPS) is 9.48. The third-order valence-electron chi connectivity index (χ3n) is 3.15. The summed E-state index contributed by atoms with van der Waals surface area (Å²) in [5.74, 6) is 9.12. The molecule has 0 amide bonds. The lowest BCUT2D eigenvalue weighted by atomic mass is 10.0. The summed E-state index contributed by atoms with van der Waals surface area (Å²) in [7, 11) is 0. The fourth-order valence-corrected chi connectivity index (χ4v) is 2.03. The molecule has 0 aromatic heterocycles. The van der Waals surface area contributed by atoms with E-state index >= 15 is 0 Å². The van der Waals surface area contributed by atoms with Gasteiger partial charge in [0.05, 0.1) is 0 Å². The van der Waals surface area contributed by atoms with Gasteiger partial charge in [-0.3, -0.25) is 0 Å². The number of rotatable bonds is 5. The first-order valence-corrected chi connectivity index (χ1v) is 7.19. The zero-order chi connectivity index (χ0) is 14.8. The predicted molar refractivity (Wildman–Crippen MR) is 88.9 cm³/mol. The molecule has 2 aromatic rings. The van der Waals surface area contributed by atoms with Crippen LogP contribution in [0.2, 0.25) is 0 Å². The van der Waals surface area contributed by atoms with E-state index in [9.17, 15) is 0 Å². The number of terminal acetylenes is 1. The van der Waals surface area contributed by atoms with E-state index in [1.54, 1.807) is 0 Å². The average molecular weight is 273 g/mol. The first kappa shape index (κ1) is 14.9. The van der Waals surface area contributed by atoms with Crippen LogP contribution in [-0.4, -0.2) is 13.1 Å². The summed E-state index contributed by atoms with van der Waals surface area (Å²) in [5, 5.41) is 3.35. The molecule has 1 heteroatoms. The van der Waals surface area contributed by atoms with E-state index in [0.717, 1.165) is 37.1 Å². The van der Waals surface area contributed by atoms with E-state index in [-0.39, 0.29) is 0 Å². The van der Waals surface area contributed by atoms with Crippen LogP contribution in [0.1, 0.15) is 23.1 Å². The number of nitrogens with one attached hydrogen (secondary N) is 1. The molecule has 0 saturated heterocycles. The molecule has 2 rings (SSSR count). The number of hydrogen-bond acceptors (Lipinski definition) is 1. The lowest BCUT2D eigenvalue weighted by Gasteiger charge is -2.05. The maximum absolute atomic E-state index is 5.23. The molecule has 21 heavy (non-hydrogen) atoms. The van der Waals surface area contributed by atoms with Gasteiger partial charge < -0.3 is 5.32 Å². The van der Waals surface area contributed by atoms with E-state index in [1.165, 1.54) is 5.56 Å². The van der Waals surface area contributed by atoms with Crippen LogP contribution in [0, 0.1) is 24.2 Å². The number of benzene rings is 2. The molecular formula is C20H19N. The first-order valence-electron chi connectivity index (χ1n) is 7.19. The standard InChI is InChI=1S/C20H19N/c1-2-3-16-21-17-15-20-12-8-7-11-19(20)14-13-18-9-5-4-6-10-18/h1,4-12,21H,3,15-17H2. The Kier molecular flexibility index (Phi) is 6.14. The van der Waals surface area contributed by atoms with Crippen LogP contribution < -0.4 is 5.32 Å². The van der Waals surface area contributed by atoms with Crippen molar-refractivity contribution in [2.75, 3.05) is 13.1 Å². The minimum Gasteiger partial charge on any atom is -0.315 e. The largest absolute Gasteiger partial charge is 0.315 e. The summed E-state index contributed by atoms with van der Waals surface area (Å²) in [4.78, 5) is 0. The third-order valence-corrected chi connectivity index (χ3v) is 3.15. The molecule has 0 fully saturated rings. The second kappa shape index (κ2) is 8.64. The van der Waals surface area contributed by atoms with Gasteiger partial charge in [-0.25, -0.2) is 0 Å². The molecule has 2 aromatic carbocycles. The summed E-state index contributed by atoms with van der Waals surface area (Å²) in [5.41, 5.74) is 3.41. The van der Waals surface area contributed by atoms with E-state index in [2.05, 4.69) is 41.3 Å². The minimum atomic E-state index is 0.773. The number of hydrogen-bond donors (Lipinski definition) is 1. The minimum absolute atomic E-state index is 0.773. The molecule has 0 atom stereocenters. The molecule has 0 aliphatic carbocycles. The Labute approximate surface area is 127 Å². The monoisotopic (exact) mass is 273 g/mol. The van der Waals surface area contributed by atoms with Gasteiger partial charge in [-0.15, -0.1) is 12.3 Å². The summed E-state index contributed by atoms with van der Waals surface area (Å²) in [6, 6.07) is 18.4. The maximum atomic E-state index is 5.23. The highest BCUT2D eigenvalue weighted by Gasteiger charge is 1.98. The molecule has 0 radical (unpaired) electrons. The van der Waals surface area contributed by atoms with Crippen LogP contribution in [0.5, 0.6) is 0 Å². The molecule has 0 unspecified atom stereocenters. The van der Waals surface area contributed by atoms with E-state index in [4.69, 9.17) is 6.42 Å². The predicted octanol–water partition coefficient (Wildman–Crippen LogP) is 3.24. The zero-order valence-corrected chi connectivity index (χ0v) is 12.1. The topological polar surface area (TPSA) is 12.0 Å². The van der Waals surface area contributed by atoms with Crippen molar-refractivity contribution in [2.24, 2.45) is 0 Å². The van der Waals surface area contributed by atoms with Gasteiger partial charge in [0.1, 0.15) is 0 Å². The van der Waals surface area contributed by atoms with E-state index < -0.39 is 0 Å². The quantitative estimate of drug-likeness (QED) is 0.651. The fourth-order valence-electron chi connectivity index (χ4n) is 2.03. The maximum Gasteiger partial charge on any atom is 0.0281 e. The lowest BCUT2D eigenvalue weighted by Crippen LogP contribution is -2.18. The van der Waals surface area contributed by atoms with Crippen molar-refractivity contribution in [3.63, 3.8) is 0 Å². The highest BCUT2D eigenvalue weighted by Crippen LogP contribution is 2.08. The molecule has 0 heterocycles. The van der Waals surface area contributed by atoms with Gasteiger partial charge in [-0.2, -0.15) is 0 Å². The van der Waals surface area contributed by atoms with E-state index in [1.807, 2.05) is 36.4 Å². The molecule has 104 valence electrons. The molecule has 0 aliphatic heterocycles. The zero-order valence-electron chi connectivity index (χ0n) is 12.1. The Morgan fingerprint density at radius 3 is 2.43 bits per heavy atom. The van der Waals surface area contributed by atoms with Crippen LogP contribution in [0.15, 0.2) is 54.6 Å². The Balaban J connectivity index is 2.01. The van der Waals surface area contributed by atoms with Crippen molar-refractivity contribution in [3.05, 3.63) is 71.3 Å². The van der Waals surface area contributed by atoms with Gasteiger partial charge in [-0.1, -0.05) is 48.2 Å². The molecule has 0 bridgehead atoms. The Morgan fingerprint density at radius 2 is 1.62 bits per heavy atom. The van der Waals surface area contributed by atoms with Crippen molar-refractivity contribution in [1.29, 1.82) is 0 Å². The van der Waals surface area contributed by atoms with Gasteiger partial charge in [-0.05, 0) is 36.7 Å². The molecule has 0 aliphatic rings. The third kappa shape index (κ3) is 5.19. The van der Waals surface area contributed by atoms with Gasteiger partial charge in [0.15, 0.2) is 0 Å². The van der Waals surface area contributed by atoms with E-state index in [0.29, 0.717) is 0 Å². The van der Waals surface area contributed by atoms with Crippen LogP contribution >= 0.6 is 0 Å². The molecule has 0 spiro atoms. The first-order chi connectivity index (χ1) is 10.4. The summed E-state index contributed by atoms with van der Waals surface area (Å²) in [6.45, 7) is 1.79. The van der Waals surface area contributed by atoms with Crippen LogP contribution in [0.25, 0.3) is 0 Å². The summed E-state index contributed by atoms with van der Waals surface area (Å²) in [6.07, 6.45) is 6.97. The summed E-state index contributed by atoms with van der Waals surface area (Å²) >= 11 is 0. The SMILES string of the molecule is C#CCCNCCc1ccccc1C#Cc1ccccc1. The Bertz CT molecular complexity index is 653. The van der Waals surface area contributed by atoms with Gasteiger partial charge >= 0.3 is 0 Å². The van der Waals surface area contributed by atoms with Crippen molar-refractivity contribution in [2.45, 2.75) is 12.8 Å². The Hall–Kier alpha value is -2.48. The second-order valence-electron chi connectivity index (χ2n) is 4.73. The Morgan fingerprint density at radius 1 is 0.857 bits per heavy atom. The average Bonchev–Trinajstić information content (AvgIpc) is 2.55. The molecular weight excluding hydrogens is 254 g/mol. The van der Waals surface area contributed by atoms with Crippen molar-refractivity contribution >= 4 is 0 Å². The second-order valence-corrected chi connectivity index (χ2v) is 4.73. The smallest absolute Gasteiger partial charge is 0.0281 e. The van der Waals surface area contributed by atoms with Crippen LogP contribution in [0.3, 0.4) is 0 Å².